The van der Waals surface area contributed by atoms with E-state index in [4.69, 9.17) is 9.84 Å². The van der Waals surface area contributed by atoms with E-state index in [0.717, 1.165) is 0 Å². The summed E-state index contributed by atoms with van der Waals surface area (Å²) in [4.78, 5) is 21.2. The minimum atomic E-state index is -0.968. The molecule has 5 nitrogen and oxygen atoms in total. The molecule has 5 heteroatoms. The van der Waals surface area contributed by atoms with E-state index < -0.39 is 12.0 Å². The van der Waals surface area contributed by atoms with Crippen LogP contribution in [0, 0.1) is 0 Å². The van der Waals surface area contributed by atoms with E-state index in [1.165, 1.54) is 0 Å². The number of hydrogen-bond donors (Lipinski definition) is 2. The molecule has 0 saturated carbocycles. The van der Waals surface area contributed by atoms with Crippen molar-refractivity contribution in [3.63, 3.8) is 0 Å². The first kappa shape index (κ1) is 14.0. The van der Waals surface area contributed by atoms with Gasteiger partial charge in [-0.05, 0) is 31.5 Å². The van der Waals surface area contributed by atoms with Gasteiger partial charge in [0.2, 0.25) is 6.41 Å². The minimum absolute atomic E-state index is 0.0391. The van der Waals surface area contributed by atoms with E-state index in [9.17, 15) is 9.59 Å². The molecule has 2 N–H and O–H groups in total. The van der Waals surface area contributed by atoms with E-state index in [2.05, 4.69) is 5.32 Å². The van der Waals surface area contributed by atoms with Gasteiger partial charge < -0.3 is 15.2 Å². The summed E-state index contributed by atoms with van der Waals surface area (Å²) < 4.78 is 5.52. The molecule has 0 heterocycles. The highest BCUT2D eigenvalue weighted by Crippen LogP contribution is 2.22. The Morgan fingerprint density at radius 2 is 2.22 bits per heavy atom. The van der Waals surface area contributed by atoms with E-state index in [0.29, 0.717) is 17.7 Å². The molecule has 0 aliphatic rings. The molecule has 0 bridgehead atoms. The monoisotopic (exact) mass is 251 g/mol. The van der Waals surface area contributed by atoms with Crippen LogP contribution in [-0.2, 0) is 9.59 Å². The van der Waals surface area contributed by atoms with Crippen LogP contribution in [0.5, 0.6) is 5.75 Å². The number of carbonyl (C=O) groups excluding carboxylic acids is 1. The van der Waals surface area contributed by atoms with Crippen molar-refractivity contribution in [1.29, 1.82) is 0 Å². The number of aliphatic carboxylic acids is 1. The van der Waals surface area contributed by atoms with Gasteiger partial charge in [-0.3, -0.25) is 9.59 Å². The summed E-state index contributed by atoms with van der Waals surface area (Å²) in [6, 6.07) is 6.52. The van der Waals surface area contributed by atoms with Gasteiger partial charge in [-0.25, -0.2) is 0 Å². The fourth-order valence-electron chi connectivity index (χ4n) is 1.61. The Bertz CT molecular complexity index is 417. The van der Waals surface area contributed by atoms with Gasteiger partial charge in [0.15, 0.2) is 0 Å². The first-order valence-corrected chi connectivity index (χ1v) is 5.71. The van der Waals surface area contributed by atoms with Gasteiger partial charge in [-0.2, -0.15) is 0 Å². The highest BCUT2D eigenvalue weighted by Gasteiger charge is 2.15. The molecule has 1 aromatic carbocycles. The lowest BCUT2D eigenvalue weighted by Crippen LogP contribution is -2.22. The Hall–Kier alpha value is -2.04. The summed E-state index contributed by atoms with van der Waals surface area (Å²) in [6.07, 6.45) is 0.380. The molecule has 0 aliphatic heterocycles. The normalized spacial score (nSPS) is 11.9. The first-order chi connectivity index (χ1) is 8.52. The maximum Gasteiger partial charge on any atom is 0.305 e. The van der Waals surface area contributed by atoms with Crippen molar-refractivity contribution < 1.29 is 19.4 Å². The number of nitrogens with one attached hydrogen (secondary N) is 1. The molecule has 1 unspecified atom stereocenters. The van der Waals surface area contributed by atoms with E-state index >= 15 is 0 Å². The van der Waals surface area contributed by atoms with Crippen LogP contribution in [0.4, 0.5) is 0 Å². The molecule has 18 heavy (non-hydrogen) atoms. The second-order valence-corrected chi connectivity index (χ2v) is 4.17. The van der Waals surface area contributed by atoms with Crippen LogP contribution in [-0.4, -0.2) is 23.6 Å². The molecule has 0 fully saturated rings. The van der Waals surface area contributed by atoms with Gasteiger partial charge in [-0.15, -0.1) is 0 Å². The summed E-state index contributed by atoms with van der Waals surface area (Å²) in [5, 5.41) is 11.3. The lowest BCUT2D eigenvalue weighted by molar-refractivity contribution is -0.137. The predicted molar refractivity (Wildman–Crippen MR) is 66.4 cm³/mol. The zero-order valence-electron chi connectivity index (χ0n) is 10.4. The van der Waals surface area contributed by atoms with Crippen LogP contribution in [0.3, 0.4) is 0 Å². The van der Waals surface area contributed by atoms with Gasteiger partial charge in [0.1, 0.15) is 5.75 Å². The molecule has 1 rings (SSSR count). The smallest absolute Gasteiger partial charge is 0.305 e. The fourth-order valence-corrected chi connectivity index (χ4v) is 1.61. The Morgan fingerprint density at radius 3 is 2.78 bits per heavy atom. The van der Waals surface area contributed by atoms with Gasteiger partial charge >= 0.3 is 5.97 Å². The predicted octanol–water partition coefficient (Wildman–Crippen LogP) is 1.74. The lowest BCUT2D eigenvalue weighted by atomic mass is 10.0. The zero-order chi connectivity index (χ0) is 13.5. The molecular weight excluding hydrogens is 234 g/mol. The Morgan fingerprint density at radius 1 is 1.50 bits per heavy atom. The number of carboxylic acids is 1. The highest BCUT2D eigenvalue weighted by atomic mass is 16.5. The van der Waals surface area contributed by atoms with E-state index in [1.54, 1.807) is 24.3 Å². The summed E-state index contributed by atoms with van der Waals surface area (Å²) in [6.45, 7) is 3.82. The quantitative estimate of drug-likeness (QED) is 0.724. The third-order valence-electron chi connectivity index (χ3n) is 2.28. The maximum absolute atomic E-state index is 10.7. The lowest BCUT2D eigenvalue weighted by Gasteiger charge is -2.16. The SMILES string of the molecule is CC(C)Oc1cccc(C(CC(=O)O)NC=O)c1. The van der Waals surface area contributed by atoms with Crippen molar-refractivity contribution in [3.05, 3.63) is 29.8 Å². The highest BCUT2D eigenvalue weighted by molar-refractivity contribution is 5.68. The van der Waals surface area contributed by atoms with Gasteiger partial charge in [0.05, 0.1) is 18.6 Å². The first-order valence-electron chi connectivity index (χ1n) is 5.71. The van der Waals surface area contributed by atoms with Gasteiger partial charge in [-0.1, -0.05) is 12.1 Å². The second kappa shape index (κ2) is 6.64. The molecular formula is C13H17NO4. The Kier molecular flexibility index (Phi) is 5.17. The Labute approximate surface area is 106 Å². The molecule has 0 saturated heterocycles. The van der Waals surface area contributed by atoms with Crippen molar-refractivity contribution in [3.8, 4) is 5.75 Å². The minimum Gasteiger partial charge on any atom is -0.491 e. The Balaban J connectivity index is 2.89. The van der Waals surface area contributed by atoms with Crippen LogP contribution in [0.15, 0.2) is 24.3 Å². The number of carbonyl (C=O) groups is 2. The van der Waals surface area contributed by atoms with Crippen molar-refractivity contribution in [2.75, 3.05) is 0 Å². The summed E-state index contributed by atoms with van der Waals surface area (Å²) in [5.41, 5.74) is 0.711. The average Bonchev–Trinajstić information content (AvgIpc) is 2.27. The van der Waals surface area contributed by atoms with E-state index in [-0.39, 0.29) is 12.5 Å². The maximum atomic E-state index is 10.7. The van der Waals surface area contributed by atoms with E-state index in [1.807, 2.05) is 13.8 Å². The molecule has 0 radical (unpaired) electrons. The molecule has 1 amide bonds. The molecule has 1 aromatic rings. The van der Waals surface area contributed by atoms with Crippen LogP contribution >= 0.6 is 0 Å². The number of hydrogen-bond acceptors (Lipinski definition) is 3. The number of amides is 1. The molecule has 0 aliphatic carbocycles. The number of ether oxygens (including phenoxy) is 1. The summed E-state index contributed by atoms with van der Waals surface area (Å²) in [5.74, 6) is -0.310. The van der Waals surface area contributed by atoms with Crippen molar-refractivity contribution >= 4 is 12.4 Å². The van der Waals surface area contributed by atoms with Crippen molar-refractivity contribution in [2.24, 2.45) is 0 Å². The van der Waals surface area contributed by atoms with Crippen LogP contribution in [0.25, 0.3) is 0 Å². The van der Waals surface area contributed by atoms with Crippen LogP contribution in [0.1, 0.15) is 31.9 Å². The zero-order valence-corrected chi connectivity index (χ0v) is 10.4. The number of benzene rings is 1. The van der Waals surface area contributed by atoms with Gasteiger partial charge in [0, 0.05) is 0 Å². The van der Waals surface area contributed by atoms with Crippen molar-refractivity contribution in [2.45, 2.75) is 32.4 Å². The summed E-state index contributed by atoms with van der Waals surface area (Å²) in [7, 11) is 0. The molecule has 0 spiro atoms. The topological polar surface area (TPSA) is 75.6 Å². The standard InChI is InChI=1S/C13H17NO4/c1-9(2)18-11-5-3-4-10(6-11)12(14-8-15)7-13(16)17/h3-6,8-9,12H,7H2,1-2H3,(H,14,15)(H,16,17). The third-order valence-corrected chi connectivity index (χ3v) is 2.28. The van der Waals surface area contributed by atoms with Crippen LogP contribution < -0.4 is 10.1 Å². The third kappa shape index (κ3) is 4.45. The number of carboxylic acid groups (broad SMARTS) is 1. The molecule has 0 aromatic heterocycles. The molecule has 98 valence electrons. The second-order valence-electron chi connectivity index (χ2n) is 4.17. The number of rotatable bonds is 7. The molecule has 1 atom stereocenters. The van der Waals surface area contributed by atoms with Crippen LogP contribution in [0.2, 0.25) is 0 Å². The largest absolute Gasteiger partial charge is 0.491 e. The average molecular weight is 251 g/mol. The summed E-state index contributed by atoms with van der Waals surface area (Å²) >= 11 is 0. The van der Waals surface area contributed by atoms with Crippen molar-refractivity contribution in [1.82, 2.24) is 5.32 Å². The van der Waals surface area contributed by atoms with Gasteiger partial charge in [0.25, 0.3) is 0 Å². The fraction of sp³-hybridized carbons (Fsp3) is 0.385.